The van der Waals surface area contributed by atoms with Crippen molar-refractivity contribution in [1.29, 1.82) is 0 Å². The van der Waals surface area contributed by atoms with E-state index in [9.17, 15) is 4.79 Å². The third kappa shape index (κ3) is 1.82. The molecule has 1 aliphatic heterocycles. The van der Waals surface area contributed by atoms with E-state index >= 15 is 0 Å². The summed E-state index contributed by atoms with van der Waals surface area (Å²) in [5.74, 6) is 1.03. The molecule has 0 radical (unpaired) electrons. The van der Waals surface area contributed by atoms with Crippen LogP contribution in [0.1, 0.15) is 55.7 Å². The van der Waals surface area contributed by atoms with Crippen LogP contribution >= 0.6 is 0 Å². The van der Waals surface area contributed by atoms with Gasteiger partial charge < -0.3 is 5.73 Å². The van der Waals surface area contributed by atoms with Crippen LogP contribution in [0.25, 0.3) is 0 Å². The molecule has 1 amide bonds. The van der Waals surface area contributed by atoms with E-state index < -0.39 is 5.54 Å². The van der Waals surface area contributed by atoms with Gasteiger partial charge in [-0.3, -0.25) is 9.69 Å². The highest BCUT2D eigenvalue weighted by Crippen LogP contribution is 2.51. The number of aliphatic imine (C=N–C) groups is 1. The lowest BCUT2D eigenvalue weighted by Gasteiger charge is -2.41. The summed E-state index contributed by atoms with van der Waals surface area (Å²) in [7, 11) is 1.72. The lowest BCUT2D eigenvalue weighted by Crippen LogP contribution is -2.46. The monoisotopic (exact) mass is 297 g/mol. The van der Waals surface area contributed by atoms with Gasteiger partial charge in [0.1, 0.15) is 0 Å². The number of nitrogens with zero attached hydrogens (tertiary/aromatic N) is 2. The number of benzene rings is 1. The number of likely N-dealkylation sites (N-methyl/N-ethyl adjacent to an activating group) is 1. The molecule has 4 nitrogen and oxygen atoms in total. The first-order valence-electron chi connectivity index (χ1n) is 8.09. The minimum Gasteiger partial charge on any atom is -0.369 e. The predicted molar refractivity (Wildman–Crippen MR) is 86.6 cm³/mol. The normalized spacial score (nSPS) is 29.7. The number of rotatable bonds is 1. The Kier molecular flexibility index (Phi) is 2.58. The van der Waals surface area contributed by atoms with Gasteiger partial charge in [0, 0.05) is 7.05 Å². The molecule has 1 atom stereocenters. The molecule has 1 saturated carbocycles. The Balaban J connectivity index is 1.92. The molecule has 4 heteroatoms. The average Bonchev–Trinajstić information content (AvgIpc) is 3.25. The van der Waals surface area contributed by atoms with Gasteiger partial charge in [0.25, 0.3) is 5.91 Å². The number of hydrogen-bond donors (Lipinski definition) is 1. The van der Waals surface area contributed by atoms with Crippen LogP contribution < -0.4 is 5.73 Å². The van der Waals surface area contributed by atoms with Crippen molar-refractivity contribution in [2.75, 3.05) is 7.05 Å². The van der Waals surface area contributed by atoms with Crippen LogP contribution in [0, 0.1) is 5.41 Å². The summed E-state index contributed by atoms with van der Waals surface area (Å²) in [4.78, 5) is 19.2. The second-order valence-electron chi connectivity index (χ2n) is 7.90. The third-order valence-corrected chi connectivity index (χ3v) is 5.34. The Morgan fingerprint density at radius 1 is 1.32 bits per heavy atom. The van der Waals surface area contributed by atoms with Crippen molar-refractivity contribution in [1.82, 2.24) is 4.90 Å². The van der Waals surface area contributed by atoms with Crippen LogP contribution in [-0.2, 0) is 16.8 Å². The second kappa shape index (κ2) is 4.12. The summed E-state index contributed by atoms with van der Waals surface area (Å²) in [5.41, 5.74) is 8.92. The van der Waals surface area contributed by atoms with Gasteiger partial charge >= 0.3 is 0 Å². The first kappa shape index (κ1) is 13.8. The molecule has 1 fully saturated rings. The Morgan fingerprint density at radius 2 is 2.05 bits per heavy atom. The Bertz CT molecular complexity index is 702. The first-order chi connectivity index (χ1) is 10.3. The molecule has 4 rings (SSSR count). The molecule has 1 aromatic carbocycles. The van der Waals surface area contributed by atoms with Gasteiger partial charge in [0.2, 0.25) is 0 Å². The van der Waals surface area contributed by atoms with Crippen molar-refractivity contribution < 1.29 is 4.79 Å². The number of carbonyl (C=O) groups is 1. The van der Waals surface area contributed by atoms with Crippen LogP contribution in [0.3, 0.4) is 0 Å². The number of carbonyl (C=O) groups excluding carboxylic acids is 1. The zero-order valence-electron chi connectivity index (χ0n) is 13.5. The largest absolute Gasteiger partial charge is 0.369 e. The highest BCUT2D eigenvalue weighted by atomic mass is 16.2. The summed E-state index contributed by atoms with van der Waals surface area (Å²) in [6.07, 6.45) is 4.24. The maximum Gasteiger partial charge on any atom is 0.261 e. The predicted octanol–water partition coefficient (Wildman–Crippen LogP) is 2.52. The van der Waals surface area contributed by atoms with E-state index in [2.05, 4.69) is 37.0 Å². The van der Waals surface area contributed by atoms with Gasteiger partial charge in [0.05, 0.1) is 0 Å². The molecule has 0 bridgehead atoms. The Labute approximate surface area is 131 Å². The fraction of sp³-hybridized carbons (Fsp3) is 0.556. The minimum absolute atomic E-state index is 0.0203. The molecule has 0 saturated heterocycles. The van der Waals surface area contributed by atoms with Crippen LogP contribution in [0.5, 0.6) is 0 Å². The lowest BCUT2D eigenvalue weighted by atomic mass is 9.65. The quantitative estimate of drug-likeness (QED) is 0.866. The summed E-state index contributed by atoms with van der Waals surface area (Å²) in [6, 6.07) is 6.68. The molecule has 1 aromatic rings. The molecule has 2 N–H and O–H groups in total. The van der Waals surface area contributed by atoms with E-state index in [4.69, 9.17) is 5.73 Å². The van der Waals surface area contributed by atoms with Crippen molar-refractivity contribution in [3.05, 3.63) is 34.9 Å². The van der Waals surface area contributed by atoms with Crippen LogP contribution in [-0.4, -0.2) is 23.8 Å². The zero-order chi connectivity index (χ0) is 15.7. The second-order valence-corrected chi connectivity index (χ2v) is 7.90. The lowest BCUT2D eigenvalue weighted by molar-refractivity contribution is -0.132. The van der Waals surface area contributed by atoms with Crippen molar-refractivity contribution in [2.24, 2.45) is 16.1 Å². The maximum atomic E-state index is 13.0. The van der Waals surface area contributed by atoms with Gasteiger partial charge in [-0.25, -0.2) is 4.99 Å². The number of nitrogens with two attached hydrogens (primary N) is 1. The fourth-order valence-electron chi connectivity index (χ4n) is 4.16. The molecular formula is C18H23N3O. The van der Waals surface area contributed by atoms with Gasteiger partial charge in [-0.05, 0) is 53.7 Å². The summed E-state index contributed by atoms with van der Waals surface area (Å²) in [6.45, 7) is 4.42. The van der Waals surface area contributed by atoms with E-state index in [-0.39, 0.29) is 11.3 Å². The first-order valence-corrected chi connectivity index (χ1v) is 8.09. The van der Waals surface area contributed by atoms with Crippen LogP contribution in [0.2, 0.25) is 0 Å². The van der Waals surface area contributed by atoms with Crippen LogP contribution in [0.15, 0.2) is 23.2 Å². The molecule has 1 heterocycles. The molecule has 0 aromatic heterocycles. The van der Waals surface area contributed by atoms with Gasteiger partial charge in [-0.2, -0.15) is 0 Å². The molecule has 1 unspecified atom stereocenters. The van der Waals surface area contributed by atoms with Gasteiger partial charge in [-0.1, -0.05) is 32.0 Å². The van der Waals surface area contributed by atoms with E-state index in [1.807, 2.05) is 0 Å². The molecule has 1 spiro atoms. The summed E-state index contributed by atoms with van der Waals surface area (Å²) >= 11 is 0. The SMILES string of the molecule is CN1C(=O)C2(CC(C)(C)Cc3ccc(C4CC4)cc32)N=C1N. The van der Waals surface area contributed by atoms with Crippen molar-refractivity contribution in [3.8, 4) is 0 Å². The topological polar surface area (TPSA) is 58.7 Å². The number of fused-ring (bicyclic) bond motifs is 2. The van der Waals surface area contributed by atoms with Gasteiger partial charge in [0.15, 0.2) is 11.5 Å². The smallest absolute Gasteiger partial charge is 0.261 e. The highest BCUT2D eigenvalue weighted by Gasteiger charge is 2.54. The molecular weight excluding hydrogens is 274 g/mol. The molecule has 2 aliphatic carbocycles. The fourth-order valence-corrected chi connectivity index (χ4v) is 4.16. The van der Waals surface area contributed by atoms with Crippen molar-refractivity contribution >= 4 is 11.9 Å². The molecule has 3 aliphatic rings. The van der Waals surface area contributed by atoms with E-state index in [0.717, 1.165) is 18.4 Å². The highest BCUT2D eigenvalue weighted by molar-refractivity contribution is 6.07. The zero-order valence-corrected chi connectivity index (χ0v) is 13.5. The average molecular weight is 297 g/mol. The summed E-state index contributed by atoms with van der Waals surface area (Å²) < 4.78 is 0. The third-order valence-electron chi connectivity index (χ3n) is 5.34. The van der Waals surface area contributed by atoms with E-state index in [1.54, 1.807) is 7.05 Å². The number of amides is 1. The maximum absolute atomic E-state index is 13.0. The van der Waals surface area contributed by atoms with E-state index in [1.165, 1.54) is 28.9 Å². The minimum atomic E-state index is -0.805. The standard InChI is InChI=1S/C18H23N3O/c1-17(2)9-13-7-6-12(11-4-5-11)8-14(13)18(10-17)15(22)21(3)16(19)20-18/h6-8,11H,4-5,9-10H2,1-3H3,(H2,19,20). The van der Waals surface area contributed by atoms with Crippen molar-refractivity contribution in [3.63, 3.8) is 0 Å². The number of guanidine groups is 1. The van der Waals surface area contributed by atoms with Crippen molar-refractivity contribution in [2.45, 2.75) is 51.0 Å². The van der Waals surface area contributed by atoms with Gasteiger partial charge in [-0.15, -0.1) is 0 Å². The van der Waals surface area contributed by atoms with E-state index in [0.29, 0.717) is 11.9 Å². The molecule has 22 heavy (non-hydrogen) atoms. The Hall–Kier alpha value is -1.84. The molecule has 116 valence electrons. The van der Waals surface area contributed by atoms with Crippen LogP contribution in [0.4, 0.5) is 0 Å². The Morgan fingerprint density at radius 3 is 2.64 bits per heavy atom. The number of hydrogen-bond acceptors (Lipinski definition) is 3. The summed E-state index contributed by atoms with van der Waals surface area (Å²) in [5, 5.41) is 0.